The highest BCUT2D eigenvalue weighted by Gasteiger charge is 2.21. The van der Waals surface area contributed by atoms with E-state index in [9.17, 15) is 4.79 Å². The number of aromatic nitrogens is 1. The lowest BCUT2D eigenvalue weighted by Gasteiger charge is -2.20. The Morgan fingerprint density at radius 1 is 1.14 bits per heavy atom. The van der Waals surface area contributed by atoms with Crippen LogP contribution in [-0.4, -0.2) is 51.8 Å². The highest BCUT2D eigenvalue weighted by Crippen LogP contribution is 2.34. The molecule has 2 aromatic carbocycles. The second kappa shape index (κ2) is 10.2. The number of quaternary nitrogens is 1. The highest BCUT2D eigenvalue weighted by molar-refractivity contribution is 7.22. The Hall–Kier alpha value is -2.64. The maximum Gasteiger partial charge on any atom is 0.232 e. The van der Waals surface area contributed by atoms with Crippen LogP contribution in [0, 0.1) is 0 Å². The first-order valence-electron chi connectivity index (χ1n) is 9.79. The number of methoxy groups -OCH3 is 1. The summed E-state index contributed by atoms with van der Waals surface area (Å²) in [6.45, 7) is 1.96. The third-order valence-corrected chi connectivity index (χ3v) is 5.55. The maximum atomic E-state index is 13.0. The van der Waals surface area contributed by atoms with Gasteiger partial charge in [-0.2, -0.15) is 0 Å². The summed E-state index contributed by atoms with van der Waals surface area (Å²) in [5.74, 6) is 1.52. The number of nitrogens with zero attached hydrogens (tertiary/aromatic N) is 2. The molecule has 3 rings (SSSR count). The number of hydrogen-bond acceptors (Lipinski definition) is 5. The van der Waals surface area contributed by atoms with Crippen molar-refractivity contribution < 1.29 is 19.2 Å². The molecule has 0 unspecified atom stereocenters. The summed E-state index contributed by atoms with van der Waals surface area (Å²) >= 11 is 1.52. The predicted octanol–water partition coefficient (Wildman–Crippen LogP) is 2.64. The molecule has 1 N–H and O–H groups in total. The largest absolute Gasteiger partial charge is 0.494 e. The summed E-state index contributed by atoms with van der Waals surface area (Å²) in [4.78, 5) is 20.9. The van der Waals surface area contributed by atoms with Crippen LogP contribution in [0.3, 0.4) is 0 Å². The Morgan fingerprint density at radius 2 is 1.93 bits per heavy atom. The molecule has 0 radical (unpaired) electrons. The molecule has 154 valence electrons. The summed E-state index contributed by atoms with van der Waals surface area (Å²) in [6, 6.07) is 15.4. The maximum absolute atomic E-state index is 13.0. The number of para-hydroxylation sites is 2. The minimum atomic E-state index is 0.0210. The minimum Gasteiger partial charge on any atom is -0.494 e. The van der Waals surface area contributed by atoms with Crippen LogP contribution in [0.1, 0.15) is 12.8 Å². The molecule has 3 aromatic rings. The van der Waals surface area contributed by atoms with Gasteiger partial charge in [0.2, 0.25) is 5.91 Å². The van der Waals surface area contributed by atoms with Gasteiger partial charge in [-0.1, -0.05) is 35.6 Å². The van der Waals surface area contributed by atoms with Gasteiger partial charge in [0.1, 0.15) is 17.0 Å². The van der Waals surface area contributed by atoms with Crippen molar-refractivity contribution in [1.29, 1.82) is 0 Å². The molecule has 0 atom stereocenters. The van der Waals surface area contributed by atoms with Gasteiger partial charge in [0.25, 0.3) is 0 Å². The van der Waals surface area contributed by atoms with Crippen LogP contribution in [-0.2, 0) is 4.79 Å². The van der Waals surface area contributed by atoms with Gasteiger partial charge in [0.15, 0.2) is 5.13 Å². The third-order valence-electron chi connectivity index (χ3n) is 4.51. The SMILES string of the molecule is COc1cccc2sc(N(CCC[NH+](C)C)C(=O)CCOc3ccccc3)nc12. The predicted molar refractivity (Wildman–Crippen MR) is 117 cm³/mol. The van der Waals surface area contributed by atoms with Gasteiger partial charge in [-0.25, -0.2) is 4.98 Å². The van der Waals surface area contributed by atoms with E-state index in [4.69, 9.17) is 14.5 Å². The first-order chi connectivity index (χ1) is 14.1. The van der Waals surface area contributed by atoms with E-state index in [2.05, 4.69) is 14.1 Å². The molecule has 0 aliphatic heterocycles. The summed E-state index contributed by atoms with van der Waals surface area (Å²) < 4.78 is 12.1. The Morgan fingerprint density at radius 3 is 2.66 bits per heavy atom. The summed E-state index contributed by atoms with van der Waals surface area (Å²) in [6.07, 6.45) is 1.21. The number of rotatable bonds is 10. The van der Waals surface area contributed by atoms with E-state index in [1.54, 1.807) is 12.0 Å². The van der Waals surface area contributed by atoms with Crippen LogP contribution in [0.5, 0.6) is 11.5 Å². The second-order valence-electron chi connectivity index (χ2n) is 7.07. The standard InChI is InChI=1S/C22H27N3O3S/c1-24(2)14-8-15-25(20(26)13-16-28-17-9-5-4-6-10-17)22-23-21-18(27-3)11-7-12-19(21)29-22/h4-7,9-12H,8,13-16H2,1-3H3/p+1. The molecule has 1 aromatic heterocycles. The molecule has 0 bridgehead atoms. The lowest BCUT2D eigenvalue weighted by atomic mass is 10.3. The lowest BCUT2D eigenvalue weighted by molar-refractivity contribution is -0.858. The lowest BCUT2D eigenvalue weighted by Crippen LogP contribution is -3.05. The van der Waals surface area contributed by atoms with Crippen LogP contribution in [0.15, 0.2) is 48.5 Å². The number of amides is 1. The topological polar surface area (TPSA) is 56.1 Å². The number of nitrogens with one attached hydrogen (secondary N) is 1. The number of benzene rings is 2. The molecule has 0 aliphatic rings. The monoisotopic (exact) mass is 414 g/mol. The van der Waals surface area contributed by atoms with Crippen molar-refractivity contribution in [1.82, 2.24) is 4.98 Å². The molecule has 0 saturated heterocycles. The average Bonchev–Trinajstić information content (AvgIpc) is 3.15. The molecule has 1 heterocycles. The van der Waals surface area contributed by atoms with Crippen molar-refractivity contribution in [2.75, 3.05) is 45.8 Å². The summed E-state index contributed by atoms with van der Waals surface area (Å²) in [5, 5.41) is 0.711. The molecular weight excluding hydrogens is 386 g/mol. The van der Waals surface area contributed by atoms with Crippen molar-refractivity contribution in [3.05, 3.63) is 48.5 Å². The Kier molecular flexibility index (Phi) is 7.43. The van der Waals surface area contributed by atoms with Gasteiger partial charge in [0.05, 0.1) is 45.5 Å². The van der Waals surface area contributed by atoms with Gasteiger partial charge in [-0.05, 0) is 24.3 Å². The van der Waals surface area contributed by atoms with Gasteiger partial charge in [-0.15, -0.1) is 0 Å². The van der Waals surface area contributed by atoms with Gasteiger partial charge < -0.3 is 14.4 Å². The number of thiazole rings is 1. The van der Waals surface area contributed by atoms with Crippen molar-refractivity contribution in [2.24, 2.45) is 0 Å². The fourth-order valence-corrected chi connectivity index (χ4v) is 4.04. The first kappa shape index (κ1) is 21.1. The number of carbonyl (C=O) groups is 1. The van der Waals surface area contributed by atoms with Crippen molar-refractivity contribution in [2.45, 2.75) is 12.8 Å². The fourth-order valence-electron chi connectivity index (χ4n) is 3.02. The zero-order valence-corrected chi connectivity index (χ0v) is 18.0. The van der Waals surface area contributed by atoms with Crippen molar-refractivity contribution in [3.63, 3.8) is 0 Å². The molecule has 1 amide bonds. The summed E-state index contributed by atoms with van der Waals surface area (Å²) in [7, 11) is 5.86. The number of hydrogen-bond donors (Lipinski definition) is 1. The molecule has 0 fully saturated rings. The molecule has 0 spiro atoms. The van der Waals surface area contributed by atoms with Crippen molar-refractivity contribution in [3.8, 4) is 11.5 Å². The van der Waals surface area contributed by atoms with Crippen LogP contribution >= 0.6 is 11.3 Å². The molecule has 7 heteroatoms. The van der Waals surface area contributed by atoms with Crippen LogP contribution in [0.2, 0.25) is 0 Å². The normalized spacial score (nSPS) is 11.0. The van der Waals surface area contributed by atoms with E-state index < -0.39 is 0 Å². The zero-order chi connectivity index (χ0) is 20.6. The number of anilines is 1. The quantitative estimate of drug-likeness (QED) is 0.554. The van der Waals surface area contributed by atoms with E-state index in [1.165, 1.54) is 16.2 Å². The first-order valence-corrected chi connectivity index (χ1v) is 10.6. The fraction of sp³-hybridized carbons (Fsp3) is 0.364. The van der Waals surface area contributed by atoms with Crippen molar-refractivity contribution >= 4 is 32.6 Å². The Balaban J connectivity index is 1.73. The van der Waals surface area contributed by atoms with Gasteiger partial charge in [-0.3, -0.25) is 9.69 Å². The molecule has 29 heavy (non-hydrogen) atoms. The van der Waals surface area contributed by atoms with Gasteiger partial charge in [0, 0.05) is 13.0 Å². The molecule has 0 saturated carbocycles. The van der Waals surface area contributed by atoms with Crippen LogP contribution in [0.25, 0.3) is 10.2 Å². The molecule has 0 aliphatic carbocycles. The van der Waals surface area contributed by atoms with Gasteiger partial charge >= 0.3 is 0 Å². The van der Waals surface area contributed by atoms with E-state index >= 15 is 0 Å². The number of fused-ring (bicyclic) bond motifs is 1. The average molecular weight is 415 g/mol. The number of carbonyl (C=O) groups excluding carboxylic acids is 1. The Labute approximate surface area is 175 Å². The zero-order valence-electron chi connectivity index (χ0n) is 17.2. The number of ether oxygens (including phenoxy) is 2. The Bertz CT molecular complexity index is 927. The molecular formula is C22H28N3O3S+. The minimum absolute atomic E-state index is 0.0210. The van der Waals surface area contributed by atoms with E-state index in [-0.39, 0.29) is 5.91 Å². The van der Waals surface area contributed by atoms with E-state index in [0.717, 1.165) is 34.7 Å². The second-order valence-corrected chi connectivity index (χ2v) is 8.08. The molecule has 6 nitrogen and oxygen atoms in total. The summed E-state index contributed by atoms with van der Waals surface area (Å²) in [5.41, 5.74) is 0.798. The smallest absolute Gasteiger partial charge is 0.232 e. The van der Waals surface area contributed by atoms with Crippen LogP contribution in [0.4, 0.5) is 5.13 Å². The third kappa shape index (κ3) is 5.68. The van der Waals surface area contributed by atoms with E-state index in [1.807, 2.05) is 48.5 Å². The van der Waals surface area contributed by atoms with E-state index in [0.29, 0.717) is 24.7 Å². The highest BCUT2D eigenvalue weighted by atomic mass is 32.1. The van der Waals surface area contributed by atoms with Crippen LogP contribution < -0.4 is 19.3 Å².